The lowest BCUT2D eigenvalue weighted by Crippen LogP contribution is -2.46. The summed E-state index contributed by atoms with van der Waals surface area (Å²) in [7, 11) is 0. The zero-order chi connectivity index (χ0) is 13.0. The number of ether oxygens (including phenoxy) is 2. The molecule has 1 aromatic rings. The maximum absolute atomic E-state index is 5.90. The third-order valence-corrected chi connectivity index (χ3v) is 2.97. The molecular weight excluding hydrogens is 256 g/mol. The van der Waals surface area contributed by atoms with E-state index in [0.717, 1.165) is 13.0 Å². The van der Waals surface area contributed by atoms with E-state index in [4.69, 9.17) is 21.1 Å². The summed E-state index contributed by atoms with van der Waals surface area (Å²) in [5.74, 6) is 0.564. The fraction of sp³-hybridized carbons (Fsp3) is 0.727. The number of anilines is 1. The summed E-state index contributed by atoms with van der Waals surface area (Å²) in [6.07, 6.45) is 0.966. The first-order chi connectivity index (χ1) is 8.74. The van der Waals surface area contributed by atoms with Crippen LogP contribution in [0.4, 0.5) is 5.95 Å². The van der Waals surface area contributed by atoms with Gasteiger partial charge >= 0.3 is 6.01 Å². The second-order valence-corrected chi connectivity index (χ2v) is 4.29. The van der Waals surface area contributed by atoms with Gasteiger partial charge in [-0.2, -0.15) is 15.0 Å². The minimum absolute atomic E-state index is 0.157. The summed E-state index contributed by atoms with van der Waals surface area (Å²) >= 11 is 5.90. The maximum atomic E-state index is 5.90. The molecule has 7 heteroatoms. The Labute approximate surface area is 111 Å². The van der Waals surface area contributed by atoms with Crippen LogP contribution in [0.1, 0.15) is 20.3 Å². The zero-order valence-electron chi connectivity index (χ0n) is 10.6. The molecule has 1 unspecified atom stereocenters. The quantitative estimate of drug-likeness (QED) is 0.829. The predicted molar refractivity (Wildman–Crippen MR) is 68.3 cm³/mol. The Hall–Kier alpha value is -1.14. The Balaban J connectivity index is 2.24. The summed E-state index contributed by atoms with van der Waals surface area (Å²) in [4.78, 5) is 14.5. The van der Waals surface area contributed by atoms with Crippen molar-refractivity contribution in [2.24, 2.45) is 0 Å². The van der Waals surface area contributed by atoms with Crippen LogP contribution >= 0.6 is 11.6 Å². The van der Waals surface area contributed by atoms with Crippen molar-refractivity contribution in [1.82, 2.24) is 15.0 Å². The molecule has 1 aliphatic rings. The Morgan fingerprint density at radius 3 is 2.94 bits per heavy atom. The van der Waals surface area contributed by atoms with Crippen LogP contribution in [-0.2, 0) is 4.74 Å². The van der Waals surface area contributed by atoms with E-state index in [9.17, 15) is 0 Å². The van der Waals surface area contributed by atoms with Gasteiger partial charge in [-0.1, -0.05) is 6.92 Å². The first-order valence-corrected chi connectivity index (χ1v) is 6.51. The lowest BCUT2D eigenvalue weighted by molar-refractivity contribution is 0.0919. The van der Waals surface area contributed by atoms with Gasteiger partial charge in [0.15, 0.2) is 0 Å². The molecule has 0 radical (unpaired) electrons. The lowest BCUT2D eigenvalue weighted by atomic mass is 10.2. The standard InChI is InChI=1S/C11H17ClN4O2/c1-3-8-7-17-6-5-16(8)10-13-9(12)14-11(15-10)18-4-2/h8H,3-7H2,1-2H3. The smallest absolute Gasteiger partial charge is 0.322 e. The molecule has 1 fully saturated rings. The molecule has 6 nitrogen and oxygen atoms in total. The lowest BCUT2D eigenvalue weighted by Gasteiger charge is -2.34. The molecule has 0 aliphatic carbocycles. The summed E-state index contributed by atoms with van der Waals surface area (Å²) in [6, 6.07) is 0.542. The number of morpholine rings is 1. The van der Waals surface area contributed by atoms with E-state index in [2.05, 4.69) is 26.8 Å². The molecule has 0 bridgehead atoms. The average Bonchev–Trinajstić information content (AvgIpc) is 2.38. The van der Waals surface area contributed by atoms with Gasteiger partial charge in [-0.15, -0.1) is 0 Å². The van der Waals surface area contributed by atoms with E-state index >= 15 is 0 Å². The van der Waals surface area contributed by atoms with E-state index in [1.165, 1.54) is 0 Å². The fourth-order valence-corrected chi connectivity index (χ4v) is 2.05. The van der Waals surface area contributed by atoms with Crippen molar-refractivity contribution < 1.29 is 9.47 Å². The zero-order valence-corrected chi connectivity index (χ0v) is 11.4. The highest BCUT2D eigenvalue weighted by Crippen LogP contribution is 2.20. The van der Waals surface area contributed by atoms with Crippen LogP contribution in [0.3, 0.4) is 0 Å². The maximum Gasteiger partial charge on any atom is 0.322 e. The van der Waals surface area contributed by atoms with Crippen LogP contribution in [0.25, 0.3) is 0 Å². The van der Waals surface area contributed by atoms with E-state index < -0.39 is 0 Å². The fourth-order valence-electron chi connectivity index (χ4n) is 1.90. The number of hydrogen-bond acceptors (Lipinski definition) is 6. The topological polar surface area (TPSA) is 60.4 Å². The molecular formula is C11H17ClN4O2. The first kappa shape index (κ1) is 13.3. The molecule has 18 heavy (non-hydrogen) atoms. The van der Waals surface area contributed by atoms with Gasteiger partial charge < -0.3 is 14.4 Å². The van der Waals surface area contributed by atoms with Crippen molar-refractivity contribution in [1.29, 1.82) is 0 Å². The van der Waals surface area contributed by atoms with Gasteiger partial charge in [0.2, 0.25) is 11.2 Å². The van der Waals surface area contributed by atoms with Crippen LogP contribution in [0, 0.1) is 0 Å². The largest absolute Gasteiger partial charge is 0.464 e. The highest BCUT2D eigenvalue weighted by Gasteiger charge is 2.24. The normalized spacial score (nSPS) is 19.9. The van der Waals surface area contributed by atoms with Gasteiger partial charge in [0.25, 0.3) is 0 Å². The SMILES string of the molecule is CCOc1nc(Cl)nc(N2CCOCC2CC)n1. The Kier molecular flexibility index (Phi) is 4.54. The molecule has 1 saturated heterocycles. The second kappa shape index (κ2) is 6.15. The van der Waals surface area contributed by atoms with Crippen LogP contribution < -0.4 is 9.64 Å². The molecule has 100 valence electrons. The predicted octanol–water partition coefficient (Wildman–Crippen LogP) is 1.54. The van der Waals surface area contributed by atoms with Crippen LogP contribution in [0.15, 0.2) is 0 Å². The van der Waals surface area contributed by atoms with E-state index in [1.807, 2.05) is 6.92 Å². The first-order valence-electron chi connectivity index (χ1n) is 6.13. The minimum Gasteiger partial charge on any atom is -0.464 e. The van der Waals surface area contributed by atoms with E-state index in [-0.39, 0.29) is 17.3 Å². The van der Waals surface area contributed by atoms with Crippen molar-refractivity contribution in [3.63, 3.8) is 0 Å². The molecule has 0 aromatic carbocycles. The number of halogens is 1. The molecule has 2 rings (SSSR count). The Bertz CT molecular complexity index is 405. The summed E-state index contributed by atoms with van der Waals surface area (Å²) in [6.45, 7) is 6.59. The van der Waals surface area contributed by atoms with Crippen LogP contribution in [-0.4, -0.2) is 47.4 Å². The van der Waals surface area contributed by atoms with Gasteiger partial charge in [0, 0.05) is 6.54 Å². The average molecular weight is 273 g/mol. The molecule has 0 amide bonds. The molecule has 0 saturated carbocycles. The highest BCUT2D eigenvalue weighted by molar-refractivity contribution is 6.28. The van der Waals surface area contributed by atoms with Gasteiger partial charge in [-0.05, 0) is 24.9 Å². The molecule has 0 spiro atoms. The van der Waals surface area contributed by atoms with Crippen molar-refractivity contribution in [3.8, 4) is 6.01 Å². The van der Waals surface area contributed by atoms with Gasteiger partial charge in [-0.3, -0.25) is 0 Å². The molecule has 0 N–H and O–H groups in total. The van der Waals surface area contributed by atoms with Gasteiger partial charge in [-0.25, -0.2) is 0 Å². The number of aromatic nitrogens is 3. The van der Waals surface area contributed by atoms with Crippen molar-refractivity contribution >= 4 is 17.5 Å². The van der Waals surface area contributed by atoms with Crippen molar-refractivity contribution in [2.45, 2.75) is 26.3 Å². The Morgan fingerprint density at radius 1 is 1.39 bits per heavy atom. The van der Waals surface area contributed by atoms with Crippen LogP contribution in [0.5, 0.6) is 6.01 Å². The number of nitrogens with zero attached hydrogens (tertiary/aromatic N) is 4. The summed E-state index contributed by atoms with van der Waals surface area (Å²) in [5.41, 5.74) is 0. The van der Waals surface area contributed by atoms with Gasteiger partial charge in [0.1, 0.15) is 0 Å². The second-order valence-electron chi connectivity index (χ2n) is 3.95. The number of rotatable bonds is 4. The third-order valence-electron chi connectivity index (χ3n) is 2.80. The molecule has 2 heterocycles. The van der Waals surface area contributed by atoms with Crippen molar-refractivity contribution in [3.05, 3.63) is 5.28 Å². The highest BCUT2D eigenvalue weighted by atomic mass is 35.5. The van der Waals surface area contributed by atoms with Crippen LogP contribution in [0.2, 0.25) is 5.28 Å². The molecule has 1 atom stereocenters. The minimum atomic E-state index is 0.157. The monoisotopic (exact) mass is 272 g/mol. The van der Waals surface area contributed by atoms with Crippen molar-refractivity contribution in [2.75, 3.05) is 31.3 Å². The van der Waals surface area contributed by atoms with E-state index in [1.54, 1.807) is 0 Å². The summed E-state index contributed by atoms with van der Waals surface area (Å²) in [5, 5.41) is 0.157. The number of hydrogen-bond donors (Lipinski definition) is 0. The molecule has 1 aliphatic heterocycles. The Morgan fingerprint density at radius 2 is 2.22 bits per heavy atom. The summed E-state index contributed by atoms with van der Waals surface area (Å²) < 4.78 is 10.7. The van der Waals surface area contributed by atoms with Gasteiger partial charge in [0.05, 0.1) is 25.9 Å². The molecule has 1 aromatic heterocycles. The third kappa shape index (κ3) is 3.00. The van der Waals surface area contributed by atoms with E-state index in [0.29, 0.717) is 25.8 Å².